The van der Waals surface area contributed by atoms with Crippen molar-refractivity contribution in [2.45, 2.75) is 95.2 Å². The lowest BCUT2D eigenvalue weighted by Crippen LogP contribution is -2.56. The Morgan fingerprint density at radius 2 is 1.80 bits per heavy atom. The first-order chi connectivity index (χ1) is 16.8. The van der Waals surface area contributed by atoms with Crippen LogP contribution in [0.25, 0.3) is 0 Å². The van der Waals surface area contributed by atoms with Gasteiger partial charge >= 0.3 is 6.09 Å². The Balaban J connectivity index is 1.40. The van der Waals surface area contributed by atoms with E-state index >= 15 is 0 Å². The lowest BCUT2D eigenvalue weighted by atomic mass is 9.68. The number of epoxide rings is 2. The van der Waals surface area contributed by atoms with Gasteiger partial charge in [-0.15, -0.1) is 0 Å². The molecular formula is C26H45N3O6. The molecule has 0 aromatic carbocycles. The van der Waals surface area contributed by atoms with Crippen LogP contribution in [0.4, 0.5) is 4.79 Å². The van der Waals surface area contributed by atoms with Crippen molar-refractivity contribution >= 4 is 12.0 Å². The summed E-state index contributed by atoms with van der Waals surface area (Å²) in [6.07, 6.45) is 7.56. The molecule has 3 fully saturated rings. The third-order valence-corrected chi connectivity index (χ3v) is 7.53. The van der Waals surface area contributed by atoms with E-state index in [9.17, 15) is 9.59 Å². The van der Waals surface area contributed by atoms with Gasteiger partial charge in [0, 0.05) is 20.2 Å². The minimum Gasteiger partial charge on any atom is -0.443 e. The number of likely N-dealkylation sites (N-methyl/N-ethyl adjacent to an activating group) is 1. The number of hydrogen-bond donors (Lipinski definition) is 3. The number of rotatable bonds is 14. The normalized spacial score (nSPS) is 33.2. The van der Waals surface area contributed by atoms with Crippen LogP contribution in [0.5, 0.6) is 0 Å². The van der Waals surface area contributed by atoms with E-state index in [-0.39, 0.29) is 41.3 Å². The molecular weight excluding hydrogens is 450 g/mol. The Morgan fingerprint density at radius 3 is 2.40 bits per heavy atom. The molecule has 9 nitrogen and oxygen atoms in total. The van der Waals surface area contributed by atoms with Crippen molar-refractivity contribution in [2.75, 3.05) is 40.4 Å². The molecule has 3 rings (SSSR count). The van der Waals surface area contributed by atoms with E-state index in [4.69, 9.17) is 18.9 Å². The van der Waals surface area contributed by atoms with E-state index in [1.54, 1.807) is 14.2 Å². The molecule has 1 aliphatic carbocycles. The van der Waals surface area contributed by atoms with Gasteiger partial charge < -0.3 is 34.9 Å². The molecule has 0 aromatic rings. The van der Waals surface area contributed by atoms with Gasteiger partial charge in [-0.3, -0.25) is 4.79 Å². The largest absolute Gasteiger partial charge is 0.443 e. The average Bonchev–Trinajstić information content (AvgIpc) is 3.72. The summed E-state index contributed by atoms with van der Waals surface area (Å²) in [7, 11) is 3.44. The number of carbonyl (C=O) groups excluding carboxylic acids is 2. The van der Waals surface area contributed by atoms with Crippen molar-refractivity contribution in [1.82, 2.24) is 16.0 Å². The molecule has 0 radical (unpaired) electrons. The third kappa shape index (κ3) is 7.41. The lowest BCUT2D eigenvalue weighted by molar-refractivity contribution is -0.120. The van der Waals surface area contributed by atoms with Crippen molar-refractivity contribution in [1.29, 1.82) is 0 Å². The first-order valence-electron chi connectivity index (χ1n) is 13.1. The van der Waals surface area contributed by atoms with Crippen LogP contribution in [-0.2, 0) is 23.7 Å². The van der Waals surface area contributed by atoms with E-state index in [2.05, 4.69) is 42.8 Å². The van der Waals surface area contributed by atoms with Crippen LogP contribution in [0.15, 0.2) is 11.6 Å². The molecule has 3 aliphatic rings. The molecule has 6 unspecified atom stereocenters. The fourth-order valence-electron chi connectivity index (χ4n) is 5.49. The maximum atomic E-state index is 12.5. The summed E-state index contributed by atoms with van der Waals surface area (Å²) in [6.45, 7) is 8.64. The van der Waals surface area contributed by atoms with Crippen molar-refractivity contribution in [3.63, 3.8) is 0 Å². The molecule has 35 heavy (non-hydrogen) atoms. The second-order valence-corrected chi connectivity index (χ2v) is 10.5. The first-order valence-corrected chi connectivity index (χ1v) is 13.1. The zero-order chi connectivity index (χ0) is 25.5. The van der Waals surface area contributed by atoms with Gasteiger partial charge in [0.05, 0.1) is 25.2 Å². The van der Waals surface area contributed by atoms with E-state index in [1.165, 1.54) is 5.57 Å². The number of methoxy groups -OCH3 is 1. The van der Waals surface area contributed by atoms with Gasteiger partial charge in [0.2, 0.25) is 5.91 Å². The Bertz CT molecular complexity index is 751. The number of alkyl carbamates (subject to hydrolysis) is 1. The monoisotopic (exact) mass is 495 g/mol. The third-order valence-electron chi connectivity index (χ3n) is 7.53. The van der Waals surface area contributed by atoms with Crippen molar-refractivity contribution in [3.8, 4) is 0 Å². The highest BCUT2D eigenvalue weighted by atomic mass is 16.6. The van der Waals surface area contributed by atoms with Gasteiger partial charge in [0.1, 0.15) is 23.4 Å². The molecule has 3 N–H and O–H groups in total. The average molecular weight is 496 g/mol. The van der Waals surface area contributed by atoms with Crippen LogP contribution in [0.1, 0.15) is 65.7 Å². The summed E-state index contributed by atoms with van der Waals surface area (Å²) in [5.41, 5.74) is 0.716. The van der Waals surface area contributed by atoms with Gasteiger partial charge in [0.15, 0.2) is 0 Å². The Morgan fingerprint density at radius 1 is 1.11 bits per heavy atom. The number of unbranched alkanes of at least 4 members (excludes halogenated alkanes) is 3. The topological polar surface area (TPSA) is 114 Å². The van der Waals surface area contributed by atoms with Crippen LogP contribution in [0.2, 0.25) is 0 Å². The Labute approximate surface area is 210 Å². The SMILES string of the molecule is CNCC(=O)NCCCCCCNC(=O)OC1CCC2(CO2)C(C2(C)OC2CC=C(C)C)C1OC. The summed E-state index contributed by atoms with van der Waals surface area (Å²) < 4.78 is 24.0. The molecule has 2 heterocycles. The first kappa shape index (κ1) is 27.9. The molecule has 200 valence electrons. The number of ether oxygens (including phenoxy) is 4. The number of allylic oxidation sites excluding steroid dienone is 1. The van der Waals surface area contributed by atoms with Crippen LogP contribution in [0, 0.1) is 5.92 Å². The standard InChI is InChI=1S/C26H45N3O6/c1-18(2)10-11-20-25(3,35-20)23-22(32-5)19(12-13-26(23)17-33-26)34-24(31)29-15-9-7-6-8-14-28-21(30)16-27-4/h10,19-20,22-23,27H,6-9,11-17H2,1-5H3,(H,28,30)(H,29,31). The van der Waals surface area contributed by atoms with Crippen LogP contribution in [-0.4, -0.2) is 81.9 Å². The quantitative estimate of drug-likeness (QED) is 0.193. The lowest BCUT2D eigenvalue weighted by Gasteiger charge is -2.42. The molecule has 2 saturated heterocycles. The fourth-order valence-corrected chi connectivity index (χ4v) is 5.49. The minimum atomic E-state index is -0.397. The van der Waals surface area contributed by atoms with Gasteiger partial charge in [-0.25, -0.2) is 4.79 Å². The minimum absolute atomic E-state index is 0.0149. The summed E-state index contributed by atoms with van der Waals surface area (Å²) in [5.74, 6) is 0.0387. The highest BCUT2D eigenvalue weighted by molar-refractivity contribution is 5.77. The van der Waals surface area contributed by atoms with E-state index in [0.717, 1.165) is 44.9 Å². The molecule has 2 aliphatic heterocycles. The molecule has 9 heteroatoms. The Hall–Kier alpha value is -1.68. The highest BCUT2D eigenvalue weighted by Crippen LogP contribution is 2.59. The maximum Gasteiger partial charge on any atom is 0.407 e. The molecule has 6 atom stereocenters. The van der Waals surface area contributed by atoms with Crippen LogP contribution in [0.3, 0.4) is 0 Å². The summed E-state index contributed by atoms with van der Waals surface area (Å²) >= 11 is 0. The maximum absolute atomic E-state index is 12.5. The fraction of sp³-hybridized carbons (Fsp3) is 0.846. The predicted molar refractivity (Wildman–Crippen MR) is 133 cm³/mol. The van der Waals surface area contributed by atoms with E-state index in [1.807, 2.05) is 0 Å². The van der Waals surface area contributed by atoms with Crippen LogP contribution >= 0.6 is 0 Å². The molecule has 1 spiro atoms. The molecule has 0 aromatic heterocycles. The second-order valence-electron chi connectivity index (χ2n) is 10.5. The second kappa shape index (κ2) is 12.5. The molecule has 1 saturated carbocycles. The number of carbonyl (C=O) groups is 2. The highest BCUT2D eigenvalue weighted by Gasteiger charge is 2.72. The predicted octanol–water partition coefficient (Wildman–Crippen LogP) is 2.69. The van der Waals surface area contributed by atoms with Gasteiger partial charge in [-0.05, 0) is 59.9 Å². The summed E-state index contributed by atoms with van der Waals surface area (Å²) in [6, 6.07) is 0. The smallest absolute Gasteiger partial charge is 0.407 e. The van der Waals surface area contributed by atoms with Gasteiger partial charge in [-0.1, -0.05) is 24.5 Å². The zero-order valence-electron chi connectivity index (χ0n) is 22.1. The van der Waals surface area contributed by atoms with Gasteiger partial charge in [0.25, 0.3) is 0 Å². The van der Waals surface area contributed by atoms with Crippen molar-refractivity contribution < 1.29 is 28.5 Å². The zero-order valence-corrected chi connectivity index (χ0v) is 22.1. The molecule has 2 amide bonds. The molecule has 0 bridgehead atoms. The van der Waals surface area contributed by atoms with Crippen LogP contribution < -0.4 is 16.0 Å². The van der Waals surface area contributed by atoms with Crippen molar-refractivity contribution in [3.05, 3.63) is 11.6 Å². The van der Waals surface area contributed by atoms with E-state index < -0.39 is 6.09 Å². The van der Waals surface area contributed by atoms with Crippen molar-refractivity contribution in [2.24, 2.45) is 5.92 Å². The summed E-state index contributed by atoms with van der Waals surface area (Å²) in [5, 5.41) is 8.58. The number of hydrogen-bond acceptors (Lipinski definition) is 7. The Kier molecular flexibility index (Phi) is 9.98. The number of nitrogens with one attached hydrogen (secondary N) is 3. The number of amides is 2. The van der Waals surface area contributed by atoms with Gasteiger partial charge in [-0.2, -0.15) is 0 Å². The summed E-state index contributed by atoms with van der Waals surface area (Å²) in [4.78, 5) is 23.9. The van der Waals surface area contributed by atoms with E-state index in [0.29, 0.717) is 26.2 Å².